The van der Waals surface area contributed by atoms with E-state index >= 15 is 0 Å². The van der Waals surface area contributed by atoms with Crippen molar-refractivity contribution in [2.45, 2.75) is 30.8 Å². The van der Waals surface area contributed by atoms with Crippen molar-refractivity contribution in [1.82, 2.24) is 15.0 Å². The summed E-state index contributed by atoms with van der Waals surface area (Å²) >= 11 is 4.23. The number of benzene rings is 1. The van der Waals surface area contributed by atoms with E-state index in [2.05, 4.69) is 20.3 Å². The van der Waals surface area contributed by atoms with Gasteiger partial charge in [-0.25, -0.2) is 9.97 Å². The number of thiazole rings is 1. The minimum atomic E-state index is -0.179. The Morgan fingerprint density at radius 2 is 2.00 bits per heavy atom. The monoisotopic (exact) mass is 454 g/mol. The van der Waals surface area contributed by atoms with Crippen LogP contribution in [0.3, 0.4) is 0 Å². The Kier molecular flexibility index (Phi) is 5.41. The molecule has 0 saturated carbocycles. The van der Waals surface area contributed by atoms with Crippen LogP contribution in [0.1, 0.15) is 23.3 Å². The summed E-state index contributed by atoms with van der Waals surface area (Å²) in [5.74, 6) is -0.0260. The lowest BCUT2D eigenvalue weighted by atomic mass is 9.97. The molecule has 1 aliphatic carbocycles. The highest BCUT2D eigenvalue weighted by molar-refractivity contribution is 7.99. The van der Waals surface area contributed by atoms with E-state index in [1.165, 1.54) is 40.0 Å². The summed E-state index contributed by atoms with van der Waals surface area (Å²) in [5.41, 5.74) is 2.91. The molecule has 4 aromatic rings. The van der Waals surface area contributed by atoms with Crippen molar-refractivity contribution in [1.29, 1.82) is 0 Å². The largest absolute Gasteiger partial charge is 0.301 e. The van der Waals surface area contributed by atoms with Crippen LogP contribution >= 0.6 is 34.4 Å². The summed E-state index contributed by atoms with van der Waals surface area (Å²) in [6.45, 7) is 0. The zero-order valence-corrected chi connectivity index (χ0v) is 18.4. The second kappa shape index (κ2) is 8.33. The summed E-state index contributed by atoms with van der Waals surface area (Å²) in [5, 5.41) is 6.52. The van der Waals surface area contributed by atoms with Gasteiger partial charge in [0.25, 0.3) is 5.56 Å². The second-order valence-electron chi connectivity index (χ2n) is 7.00. The molecule has 0 spiro atoms. The topological polar surface area (TPSA) is 87.7 Å². The van der Waals surface area contributed by atoms with Gasteiger partial charge < -0.3 is 10.3 Å². The van der Waals surface area contributed by atoms with E-state index in [1.54, 1.807) is 11.3 Å². The molecule has 0 aliphatic heterocycles. The molecule has 9 heteroatoms. The number of hydrogen-bond donors (Lipinski definition) is 2. The molecule has 3 aromatic heterocycles. The zero-order valence-electron chi connectivity index (χ0n) is 15.9. The fourth-order valence-corrected chi connectivity index (χ4v) is 6.29. The fraction of sp³-hybridized carbons (Fsp3) is 0.238. The second-order valence-corrected chi connectivity index (χ2v) is 9.91. The minimum absolute atomic E-state index is 0.102. The third-order valence-corrected chi connectivity index (χ3v) is 7.78. The zero-order chi connectivity index (χ0) is 20.5. The van der Waals surface area contributed by atoms with E-state index in [-0.39, 0.29) is 17.2 Å². The molecule has 0 atom stereocenters. The maximum atomic E-state index is 12.6. The molecule has 1 aliphatic rings. The SMILES string of the molecule is O=C(CSc1nc2sc3c(c2c(=O)[nH]1)CCCC3)Nc1nc(-c2ccccc2)cs1. The van der Waals surface area contributed by atoms with Crippen molar-refractivity contribution in [3.63, 3.8) is 0 Å². The number of nitrogens with zero attached hydrogens (tertiary/aromatic N) is 2. The Morgan fingerprint density at radius 3 is 2.87 bits per heavy atom. The Balaban J connectivity index is 1.26. The third-order valence-electron chi connectivity index (χ3n) is 4.96. The molecule has 2 N–H and O–H groups in total. The molecule has 152 valence electrons. The molecule has 0 fully saturated rings. The third kappa shape index (κ3) is 3.92. The molecule has 3 heterocycles. The van der Waals surface area contributed by atoms with Gasteiger partial charge in [-0.2, -0.15) is 0 Å². The van der Waals surface area contributed by atoms with Gasteiger partial charge >= 0.3 is 0 Å². The van der Waals surface area contributed by atoms with Gasteiger partial charge in [0.05, 0.1) is 16.8 Å². The van der Waals surface area contributed by atoms with Crippen LogP contribution in [0.5, 0.6) is 0 Å². The number of aryl methyl sites for hydroxylation is 2. The van der Waals surface area contributed by atoms with E-state index in [0.29, 0.717) is 10.3 Å². The van der Waals surface area contributed by atoms with Gasteiger partial charge in [-0.1, -0.05) is 42.1 Å². The molecule has 0 bridgehead atoms. The summed E-state index contributed by atoms with van der Waals surface area (Å²) < 4.78 is 0. The molecule has 5 rings (SSSR count). The summed E-state index contributed by atoms with van der Waals surface area (Å²) in [4.78, 5) is 38.9. The average molecular weight is 455 g/mol. The first-order chi connectivity index (χ1) is 14.7. The van der Waals surface area contributed by atoms with Gasteiger partial charge in [0.2, 0.25) is 5.91 Å². The molecule has 6 nitrogen and oxygen atoms in total. The molecule has 0 radical (unpaired) electrons. The molecular formula is C21H18N4O2S3. The van der Waals surface area contributed by atoms with E-state index < -0.39 is 0 Å². The molecule has 1 aromatic carbocycles. The number of carbonyl (C=O) groups excluding carboxylic acids is 1. The van der Waals surface area contributed by atoms with Gasteiger partial charge in [-0.05, 0) is 31.2 Å². The van der Waals surface area contributed by atoms with Crippen LogP contribution < -0.4 is 10.9 Å². The van der Waals surface area contributed by atoms with Crippen molar-refractivity contribution < 1.29 is 4.79 Å². The number of thioether (sulfide) groups is 1. The highest BCUT2D eigenvalue weighted by atomic mass is 32.2. The predicted molar refractivity (Wildman–Crippen MR) is 124 cm³/mol. The highest BCUT2D eigenvalue weighted by Gasteiger charge is 2.20. The van der Waals surface area contributed by atoms with Crippen LogP contribution in [0.2, 0.25) is 0 Å². The van der Waals surface area contributed by atoms with E-state index in [4.69, 9.17) is 0 Å². The van der Waals surface area contributed by atoms with Crippen molar-refractivity contribution in [3.05, 3.63) is 56.5 Å². The van der Waals surface area contributed by atoms with Crippen LogP contribution in [0.4, 0.5) is 5.13 Å². The van der Waals surface area contributed by atoms with Crippen molar-refractivity contribution in [2.75, 3.05) is 11.1 Å². The lowest BCUT2D eigenvalue weighted by molar-refractivity contribution is -0.113. The molecule has 0 unspecified atom stereocenters. The number of hydrogen-bond acceptors (Lipinski definition) is 7. The van der Waals surface area contributed by atoms with E-state index in [1.807, 2.05) is 35.7 Å². The normalized spacial score (nSPS) is 13.3. The lowest BCUT2D eigenvalue weighted by Crippen LogP contribution is -2.15. The maximum absolute atomic E-state index is 12.6. The summed E-state index contributed by atoms with van der Waals surface area (Å²) in [6.07, 6.45) is 4.27. The number of H-pyrrole nitrogens is 1. The van der Waals surface area contributed by atoms with E-state index in [0.717, 1.165) is 40.7 Å². The van der Waals surface area contributed by atoms with Crippen molar-refractivity contribution in [2.24, 2.45) is 0 Å². The summed E-state index contributed by atoms with van der Waals surface area (Å²) in [7, 11) is 0. The van der Waals surface area contributed by atoms with Crippen LogP contribution in [0.25, 0.3) is 21.5 Å². The number of aromatic amines is 1. The molecule has 1 amide bonds. The van der Waals surface area contributed by atoms with Crippen LogP contribution in [0.15, 0.2) is 45.7 Å². The summed E-state index contributed by atoms with van der Waals surface area (Å²) in [6, 6.07) is 9.83. The smallest absolute Gasteiger partial charge is 0.260 e. The Hall–Kier alpha value is -2.49. The van der Waals surface area contributed by atoms with Crippen molar-refractivity contribution >= 4 is 55.7 Å². The van der Waals surface area contributed by atoms with Gasteiger partial charge in [0, 0.05) is 15.8 Å². The van der Waals surface area contributed by atoms with Gasteiger partial charge in [-0.15, -0.1) is 22.7 Å². The minimum Gasteiger partial charge on any atom is -0.301 e. The number of fused-ring (bicyclic) bond motifs is 3. The van der Waals surface area contributed by atoms with Gasteiger partial charge in [0.15, 0.2) is 10.3 Å². The Morgan fingerprint density at radius 1 is 1.17 bits per heavy atom. The highest BCUT2D eigenvalue weighted by Crippen LogP contribution is 2.34. The van der Waals surface area contributed by atoms with Gasteiger partial charge in [-0.3, -0.25) is 9.59 Å². The first-order valence-electron chi connectivity index (χ1n) is 9.65. The van der Waals surface area contributed by atoms with Crippen molar-refractivity contribution in [3.8, 4) is 11.3 Å². The number of carbonyl (C=O) groups is 1. The molecule has 0 saturated heterocycles. The fourth-order valence-electron chi connectivity index (χ4n) is 3.57. The van der Waals surface area contributed by atoms with Crippen LogP contribution in [0, 0.1) is 0 Å². The number of thiophene rings is 1. The van der Waals surface area contributed by atoms with E-state index in [9.17, 15) is 9.59 Å². The quantitative estimate of drug-likeness (QED) is 0.337. The number of aromatic nitrogens is 3. The number of anilines is 1. The Labute approximate surface area is 184 Å². The lowest BCUT2D eigenvalue weighted by Gasteiger charge is -2.09. The average Bonchev–Trinajstić information content (AvgIpc) is 3.37. The van der Waals surface area contributed by atoms with Crippen LogP contribution in [-0.2, 0) is 17.6 Å². The van der Waals surface area contributed by atoms with Crippen LogP contribution in [-0.4, -0.2) is 26.6 Å². The molecular weight excluding hydrogens is 436 g/mol. The first-order valence-corrected chi connectivity index (χ1v) is 12.3. The first kappa shape index (κ1) is 19.5. The number of rotatable bonds is 5. The molecule has 30 heavy (non-hydrogen) atoms. The number of nitrogens with one attached hydrogen (secondary N) is 2. The standard InChI is InChI=1S/C21H18N4O2S3/c26-16(23-20-22-14(10-28-20)12-6-2-1-3-7-12)11-29-21-24-18(27)17-13-8-4-5-9-15(13)30-19(17)25-21/h1-3,6-7,10H,4-5,8-9,11H2,(H,22,23,26)(H,24,25,27). The Bertz CT molecular complexity index is 1280. The number of amides is 1. The predicted octanol–water partition coefficient (Wildman–Crippen LogP) is 4.72. The van der Waals surface area contributed by atoms with Gasteiger partial charge in [0.1, 0.15) is 4.83 Å². The maximum Gasteiger partial charge on any atom is 0.260 e.